The molecule has 2 aromatic carbocycles. The van der Waals surface area contributed by atoms with Gasteiger partial charge in [-0.25, -0.2) is 0 Å². The summed E-state index contributed by atoms with van der Waals surface area (Å²) in [5.74, 6) is 0.0600. The number of benzene rings is 2. The Kier molecular flexibility index (Phi) is 5.57. The van der Waals surface area contributed by atoms with E-state index in [1.807, 2.05) is 24.3 Å². The molecular formula is C22H22N2O. The molecule has 126 valence electrons. The van der Waals surface area contributed by atoms with Crippen LogP contribution in [0.2, 0.25) is 0 Å². The lowest BCUT2D eigenvalue weighted by molar-refractivity contribution is -0.121. The maximum absolute atomic E-state index is 12.1. The van der Waals surface area contributed by atoms with E-state index in [2.05, 4.69) is 53.6 Å². The molecule has 1 amide bonds. The standard InChI is InChI=1S/C22H22N2O/c1-17-5-2-8-20(13-17)21-9-3-6-19(14-21)16-24-22(25)11-10-18-7-4-12-23-15-18/h2-9,12-15H,10-11,16H2,1H3,(H,24,25). The van der Waals surface area contributed by atoms with Crippen LogP contribution in [0.3, 0.4) is 0 Å². The third kappa shape index (κ3) is 5.01. The summed E-state index contributed by atoms with van der Waals surface area (Å²) in [5.41, 5.74) is 5.80. The second-order valence-electron chi connectivity index (χ2n) is 6.21. The molecule has 1 aromatic heterocycles. The predicted molar refractivity (Wildman–Crippen MR) is 101 cm³/mol. The summed E-state index contributed by atoms with van der Waals surface area (Å²) in [5, 5.41) is 3.00. The molecule has 3 aromatic rings. The van der Waals surface area contributed by atoms with Gasteiger partial charge < -0.3 is 5.32 Å². The third-order valence-electron chi connectivity index (χ3n) is 4.13. The van der Waals surface area contributed by atoms with Crippen LogP contribution >= 0.6 is 0 Å². The van der Waals surface area contributed by atoms with Gasteiger partial charge in [-0.1, -0.05) is 54.1 Å². The van der Waals surface area contributed by atoms with Crippen LogP contribution in [0.4, 0.5) is 0 Å². The van der Waals surface area contributed by atoms with Gasteiger partial charge in [-0.05, 0) is 47.7 Å². The summed E-state index contributed by atoms with van der Waals surface area (Å²) in [4.78, 5) is 16.1. The van der Waals surface area contributed by atoms with Crippen molar-refractivity contribution >= 4 is 5.91 Å². The van der Waals surface area contributed by atoms with E-state index < -0.39 is 0 Å². The minimum absolute atomic E-state index is 0.0600. The van der Waals surface area contributed by atoms with Crippen molar-refractivity contribution in [3.05, 3.63) is 89.7 Å². The molecule has 3 nitrogen and oxygen atoms in total. The van der Waals surface area contributed by atoms with Gasteiger partial charge in [0.1, 0.15) is 0 Å². The maximum atomic E-state index is 12.1. The van der Waals surface area contributed by atoms with Crippen LogP contribution in [0, 0.1) is 6.92 Å². The number of amides is 1. The Morgan fingerprint density at radius 3 is 2.48 bits per heavy atom. The fourth-order valence-corrected chi connectivity index (χ4v) is 2.78. The van der Waals surface area contributed by atoms with Crippen molar-refractivity contribution in [1.29, 1.82) is 0 Å². The fourth-order valence-electron chi connectivity index (χ4n) is 2.78. The average Bonchev–Trinajstić information content (AvgIpc) is 2.66. The first-order valence-corrected chi connectivity index (χ1v) is 8.52. The summed E-state index contributed by atoms with van der Waals surface area (Å²) < 4.78 is 0. The molecular weight excluding hydrogens is 308 g/mol. The van der Waals surface area contributed by atoms with Gasteiger partial charge in [0.25, 0.3) is 0 Å². The van der Waals surface area contributed by atoms with Gasteiger partial charge in [0.05, 0.1) is 0 Å². The quantitative estimate of drug-likeness (QED) is 0.732. The Bertz CT molecular complexity index is 843. The van der Waals surface area contributed by atoms with E-state index in [0.29, 0.717) is 19.4 Å². The highest BCUT2D eigenvalue weighted by Crippen LogP contribution is 2.21. The van der Waals surface area contributed by atoms with Crippen LogP contribution in [-0.4, -0.2) is 10.9 Å². The van der Waals surface area contributed by atoms with Crippen molar-refractivity contribution in [2.75, 3.05) is 0 Å². The summed E-state index contributed by atoms with van der Waals surface area (Å²) in [7, 11) is 0. The number of rotatable bonds is 6. The van der Waals surface area contributed by atoms with Crippen LogP contribution in [0.5, 0.6) is 0 Å². The van der Waals surface area contributed by atoms with E-state index in [9.17, 15) is 4.79 Å². The minimum Gasteiger partial charge on any atom is -0.352 e. The topological polar surface area (TPSA) is 42.0 Å². The molecule has 0 fully saturated rings. The lowest BCUT2D eigenvalue weighted by atomic mass is 10.0. The van der Waals surface area contributed by atoms with Gasteiger partial charge >= 0.3 is 0 Å². The SMILES string of the molecule is Cc1cccc(-c2cccc(CNC(=O)CCc3cccnc3)c2)c1. The van der Waals surface area contributed by atoms with Crippen LogP contribution in [0.15, 0.2) is 73.1 Å². The smallest absolute Gasteiger partial charge is 0.220 e. The van der Waals surface area contributed by atoms with Crippen molar-refractivity contribution in [3.8, 4) is 11.1 Å². The first-order valence-electron chi connectivity index (χ1n) is 8.52. The van der Waals surface area contributed by atoms with Gasteiger partial charge in [0, 0.05) is 25.4 Å². The summed E-state index contributed by atoms with van der Waals surface area (Å²) in [6.45, 7) is 2.64. The van der Waals surface area contributed by atoms with Crippen molar-refractivity contribution in [3.63, 3.8) is 0 Å². The largest absolute Gasteiger partial charge is 0.352 e. The van der Waals surface area contributed by atoms with Crippen LogP contribution in [-0.2, 0) is 17.8 Å². The predicted octanol–water partition coefficient (Wildman–Crippen LogP) is 4.31. The molecule has 1 N–H and O–H groups in total. The van der Waals surface area contributed by atoms with E-state index in [0.717, 1.165) is 11.1 Å². The Balaban J connectivity index is 1.56. The Labute approximate surface area is 148 Å². The number of hydrogen-bond donors (Lipinski definition) is 1. The molecule has 0 aliphatic heterocycles. The third-order valence-corrected chi connectivity index (χ3v) is 4.13. The highest BCUT2D eigenvalue weighted by atomic mass is 16.1. The number of pyridine rings is 1. The summed E-state index contributed by atoms with van der Waals surface area (Å²) in [6, 6.07) is 20.6. The molecule has 0 radical (unpaired) electrons. The summed E-state index contributed by atoms with van der Waals surface area (Å²) in [6.07, 6.45) is 4.73. The number of aryl methyl sites for hydroxylation is 2. The number of carbonyl (C=O) groups is 1. The van der Waals surface area contributed by atoms with Gasteiger partial charge in [0.2, 0.25) is 5.91 Å². The second kappa shape index (κ2) is 8.25. The highest BCUT2D eigenvalue weighted by Gasteiger charge is 2.04. The van der Waals surface area contributed by atoms with Crippen molar-refractivity contribution in [2.24, 2.45) is 0 Å². The van der Waals surface area contributed by atoms with Crippen molar-refractivity contribution in [1.82, 2.24) is 10.3 Å². The van der Waals surface area contributed by atoms with E-state index in [1.165, 1.54) is 16.7 Å². The number of carbonyl (C=O) groups excluding carboxylic acids is 1. The van der Waals surface area contributed by atoms with E-state index in [-0.39, 0.29) is 5.91 Å². The average molecular weight is 330 g/mol. The Morgan fingerprint density at radius 2 is 1.72 bits per heavy atom. The molecule has 0 aliphatic carbocycles. The van der Waals surface area contributed by atoms with Crippen LogP contribution < -0.4 is 5.32 Å². The zero-order chi connectivity index (χ0) is 17.5. The van der Waals surface area contributed by atoms with Gasteiger partial charge in [-0.15, -0.1) is 0 Å². The molecule has 0 saturated heterocycles. The van der Waals surface area contributed by atoms with Gasteiger partial charge in [-0.3, -0.25) is 9.78 Å². The molecule has 0 atom stereocenters. The molecule has 1 heterocycles. The molecule has 0 unspecified atom stereocenters. The lowest BCUT2D eigenvalue weighted by Gasteiger charge is -2.08. The van der Waals surface area contributed by atoms with Crippen molar-refractivity contribution in [2.45, 2.75) is 26.3 Å². The monoisotopic (exact) mass is 330 g/mol. The molecule has 0 aliphatic rings. The first-order chi connectivity index (χ1) is 12.2. The van der Waals surface area contributed by atoms with Crippen LogP contribution in [0.1, 0.15) is 23.1 Å². The van der Waals surface area contributed by atoms with E-state index in [1.54, 1.807) is 12.4 Å². The Hall–Kier alpha value is -2.94. The zero-order valence-electron chi connectivity index (χ0n) is 14.4. The molecule has 0 spiro atoms. The normalized spacial score (nSPS) is 10.4. The van der Waals surface area contributed by atoms with E-state index in [4.69, 9.17) is 0 Å². The number of nitrogens with one attached hydrogen (secondary N) is 1. The molecule has 3 rings (SSSR count). The van der Waals surface area contributed by atoms with Gasteiger partial charge in [-0.2, -0.15) is 0 Å². The molecule has 25 heavy (non-hydrogen) atoms. The van der Waals surface area contributed by atoms with E-state index >= 15 is 0 Å². The van der Waals surface area contributed by atoms with Gasteiger partial charge in [0.15, 0.2) is 0 Å². The zero-order valence-corrected chi connectivity index (χ0v) is 14.4. The molecule has 3 heteroatoms. The van der Waals surface area contributed by atoms with Crippen LogP contribution in [0.25, 0.3) is 11.1 Å². The first kappa shape index (κ1) is 16.9. The fraction of sp³-hybridized carbons (Fsp3) is 0.182. The van der Waals surface area contributed by atoms with Crippen molar-refractivity contribution < 1.29 is 4.79 Å². The maximum Gasteiger partial charge on any atom is 0.220 e. The summed E-state index contributed by atoms with van der Waals surface area (Å²) >= 11 is 0. The minimum atomic E-state index is 0.0600. The highest BCUT2D eigenvalue weighted by molar-refractivity contribution is 5.76. The second-order valence-corrected chi connectivity index (χ2v) is 6.21. The number of nitrogens with zero attached hydrogens (tertiary/aromatic N) is 1. The molecule has 0 saturated carbocycles. The number of aromatic nitrogens is 1. The lowest BCUT2D eigenvalue weighted by Crippen LogP contribution is -2.23. The molecule has 0 bridgehead atoms. The number of hydrogen-bond acceptors (Lipinski definition) is 2. The Morgan fingerprint density at radius 1 is 0.960 bits per heavy atom.